The largest absolute Gasteiger partial charge is 0.478 e. The van der Waals surface area contributed by atoms with Crippen LogP contribution in [0.3, 0.4) is 0 Å². The number of hydrogen-bond acceptors (Lipinski definition) is 6. The molecule has 1 fully saturated rings. The molecule has 3 rings (SSSR count). The number of ether oxygens (including phenoxy) is 1. The van der Waals surface area contributed by atoms with E-state index < -0.39 is 0 Å². The summed E-state index contributed by atoms with van der Waals surface area (Å²) in [6.07, 6.45) is 10.9. The van der Waals surface area contributed by atoms with Gasteiger partial charge in [0.05, 0.1) is 13.2 Å². The lowest BCUT2D eigenvalue weighted by atomic mass is 10.0. The molecule has 2 aromatic rings. The van der Waals surface area contributed by atoms with E-state index in [1.54, 1.807) is 19.5 Å². The molecule has 1 aliphatic rings. The molecule has 0 aliphatic carbocycles. The number of aromatic nitrogens is 3. The Morgan fingerprint density at radius 1 is 1.17 bits per heavy atom. The number of anilines is 1. The molecule has 0 spiro atoms. The highest BCUT2D eigenvalue weighted by Gasteiger charge is 2.23. The van der Waals surface area contributed by atoms with Gasteiger partial charge in [-0.2, -0.15) is 0 Å². The number of nitrogens with zero attached hydrogens (tertiary/aromatic N) is 4. The van der Waals surface area contributed by atoms with Crippen molar-refractivity contribution in [3.63, 3.8) is 0 Å². The van der Waals surface area contributed by atoms with E-state index in [0.717, 1.165) is 19.6 Å². The van der Waals surface area contributed by atoms with Gasteiger partial charge in [-0.3, -0.25) is 9.88 Å². The van der Waals surface area contributed by atoms with Gasteiger partial charge in [-0.15, -0.1) is 0 Å². The van der Waals surface area contributed by atoms with Crippen LogP contribution in [0.15, 0.2) is 36.9 Å². The van der Waals surface area contributed by atoms with E-state index in [1.165, 1.54) is 24.8 Å². The zero-order chi connectivity index (χ0) is 15.9. The average Bonchev–Trinajstić information content (AvgIpc) is 2.64. The monoisotopic (exact) mass is 313 g/mol. The summed E-state index contributed by atoms with van der Waals surface area (Å²) in [5, 5.41) is 3.39. The highest BCUT2D eigenvalue weighted by molar-refractivity contribution is 5.44. The van der Waals surface area contributed by atoms with E-state index >= 15 is 0 Å². The number of likely N-dealkylation sites (tertiary alicyclic amines) is 1. The number of piperidine rings is 1. The molecule has 0 radical (unpaired) electrons. The van der Waals surface area contributed by atoms with Gasteiger partial charge >= 0.3 is 0 Å². The molecule has 1 saturated heterocycles. The van der Waals surface area contributed by atoms with Gasteiger partial charge in [-0.05, 0) is 37.6 Å². The second-order valence-electron chi connectivity index (χ2n) is 5.69. The second kappa shape index (κ2) is 7.87. The summed E-state index contributed by atoms with van der Waals surface area (Å²) in [5.41, 5.74) is 1.23. The maximum atomic E-state index is 5.27. The smallest absolute Gasteiger partial charge is 0.257 e. The maximum Gasteiger partial charge on any atom is 0.257 e. The van der Waals surface area contributed by atoms with Crippen molar-refractivity contribution in [3.8, 4) is 5.88 Å². The van der Waals surface area contributed by atoms with Crippen LogP contribution in [-0.4, -0.2) is 46.6 Å². The molecule has 6 nitrogen and oxygen atoms in total. The Kier molecular flexibility index (Phi) is 5.37. The molecule has 23 heavy (non-hydrogen) atoms. The first-order valence-electron chi connectivity index (χ1n) is 8.11. The molecule has 3 heterocycles. The third-order valence-corrected chi connectivity index (χ3v) is 4.22. The molecule has 6 heteroatoms. The third kappa shape index (κ3) is 3.96. The zero-order valence-electron chi connectivity index (χ0n) is 13.5. The fraction of sp³-hybridized carbons (Fsp3) is 0.471. The number of methoxy groups -OCH3 is 1. The van der Waals surface area contributed by atoms with E-state index in [-0.39, 0.29) is 6.04 Å². The molecular weight excluding hydrogens is 290 g/mol. The first-order chi connectivity index (χ1) is 11.4. The van der Waals surface area contributed by atoms with E-state index in [2.05, 4.69) is 31.2 Å². The Morgan fingerprint density at radius 3 is 2.74 bits per heavy atom. The summed E-state index contributed by atoms with van der Waals surface area (Å²) >= 11 is 0. The van der Waals surface area contributed by atoms with Crippen molar-refractivity contribution in [2.45, 2.75) is 25.3 Å². The Bertz CT molecular complexity index is 601. The van der Waals surface area contributed by atoms with E-state index in [0.29, 0.717) is 11.7 Å². The molecule has 0 aromatic carbocycles. The third-order valence-electron chi connectivity index (χ3n) is 4.22. The van der Waals surface area contributed by atoms with Crippen LogP contribution in [0.5, 0.6) is 5.88 Å². The zero-order valence-corrected chi connectivity index (χ0v) is 13.5. The van der Waals surface area contributed by atoms with Crippen molar-refractivity contribution in [2.75, 3.05) is 32.1 Å². The van der Waals surface area contributed by atoms with E-state index in [4.69, 9.17) is 4.74 Å². The van der Waals surface area contributed by atoms with Crippen LogP contribution in [0.1, 0.15) is 30.9 Å². The summed E-state index contributed by atoms with van der Waals surface area (Å²) in [5.74, 6) is 1.21. The Labute approximate surface area is 136 Å². The van der Waals surface area contributed by atoms with E-state index in [1.807, 2.05) is 18.5 Å². The molecule has 1 aliphatic heterocycles. The van der Waals surface area contributed by atoms with Gasteiger partial charge < -0.3 is 10.1 Å². The summed E-state index contributed by atoms with van der Waals surface area (Å²) in [4.78, 5) is 15.3. The fourth-order valence-electron chi connectivity index (χ4n) is 3.05. The minimum absolute atomic E-state index is 0.274. The maximum absolute atomic E-state index is 5.27. The van der Waals surface area contributed by atoms with Crippen LogP contribution < -0.4 is 10.1 Å². The first-order valence-corrected chi connectivity index (χ1v) is 8.11. The molecule has 2 aromatic heterocycles. The lowest BCUT2D eigenvalue weighted by Gasteiger charge is -2.35. The number of hydrogen-bond donors (Lipinski definition) is 1. The topological polar surface area (TPSA) is 63.2 Å². The Hall–Kier alpha value is -2.21. The Balaban J connectivity index is 1.75. The van der Waals surface area contributed by atoms with Crippen molar-refractivity contribution in [2.24, 2.45) is 0 Å². The van der Waals surface area contributed by atoms with Crippen LogP contribution in [-0.2, 0) is 0 Å². The fourth-order valence-corrected chi connectivity index (χ4v) is 3.05. The molecule has 1 unspecified atom stereocenters. The highest BCUT2D eigenvalue weighted by atomic mass is 16.5. The molecule has 0 bridgehead atoms. The quantitative estimate of drug-likeness (QED) is 0.884. The van der Waals surface area contributed by atoms with Gasteiger partial charge in [0.1, 0.15) is 0 Å². The van der Waals surface area contributed by atoms with Crippen molar-refractivity contribution in [3.05, 3.63) is 42.5 Å². The molecule has 1 N–H and O–H groups in total. The Morgan fingerprint density at radius 2 is 2.00 bits per heavy atom. The van der Waals surface area contributed by atoms with Crippen molar-refractivity contribution >= 4 is 5.82 Å². The molecule has 0 amide bonds. The number of pyridine rings is 1. The van der Waals surface area contributed by atoms with Gasteiger partial charge in [0.2, 0.25) is 0 Å². The van der Waals surface area contributed by atoms with Crippen LogP contribution in [0.2, 0.25) is 0 Å². The summed E-state index contributed by atoms with van der Waals surface area (Å²) < 4.78 is 5.27. The minimum atomic E-state index is 0.274. The lowest BCUT2D eigenvalue weighted by Crippen LogP contribution is -2.37. The lowest BCUT2D eigenvalue weighted by molar-refractivity contribution is 0.170. The van der Waals surface area contributed by atoms with Gasteiger partial charge in [0.15, 0.2) is 5.82 Å². The molecule has 0 saturated carbocycles. The SMILES string of the molecule is COc1nccnc1NCC(c1cccnc1)N1CCCCC1. The van der Waals surface area contributed by atoms with Gasteiger partial charge in [0, 0.05) is 31.3 Å². The second-order valence-corrected chi connectivity index (χ2v) is 5.69. The molecule has 1 atom stereocenters. The highest BCUT2D eigenvalue weighted by Crippen LogP contribution is 2.25. The predicted molar refractivity (Wildman–Crippen MR) is 89.5 cm³/mol. The predicted octanol–water partition coefficient (Wildman–Crippen LogP) is 2.52. The molecule has 122 valence electrons. The van der Waals surface area contributed by atoms with Crippen molar-refractivity contribution in [1.29, 1.82) is 0 Å². The van der Waals surface area contributed by atoms with Crippen molar-refractivity contribution < 1.29 is 4.74 Å². The van der Waals surface area contributed by atoms with Gasteiger partial charge in [-0.1, -0.05) is 12.5 Å². The summed E-state index contributed by atoms with van der Waals surface area (Å²) in [7, 11) is 1.61. The summed E-state index contributed by atoms with van der Waals surface area (Å²) in [6, 6.07) is 4.41. The minimum Gasteiger partial charge on any atom is -0.478 e. The number of nitrogens with one attached hydrogen (secondary N) is 1. The normalized spacial score (nSPS) is 16.7. The van der Waals surface area contributed by atoms with E-state index in [9.17, 15) is 0 Å². The van der Waals surface area contributed by atoms with Crippen LogP contribution in [0.25, 0.3) is 0 Å². The van der Waals surface area contributed by atoms with Crippen LogP contribution >= 0.6 is 0 Å². The van der Waals surface area contributed by atoms with Crippen LogP contribution in [0, 0.1) is 0 Å². The average molecular weight is 313 g/mol. The molecular formula is C17H23N5O. The standard InChI is InChI=1S/C17H23N5O/c1-23-17-16(19-8-9-20-17)21-13-15(14-6-5-7-18-12-14)22-10-3-2-4-11-22/h5-9,12,15H,2-4,10-11,13H2,1H3,(H,19,21). The van der Waals surface area contributed by atoms with Crippen molar-refractivity contribution in [1.82, 2.24) is 19.9 Å². The number of rotatable bonds is 6. The van der Waals surface area contributed by atoms with Crippen LogP contribution in [0.4, 0.5) is 5.82 Å². The first kappa shape index (κ1) is 15.7. The van der Waals surface area contributed by atoms with Gasteiger partial charge in [-0.25, -0.2) is 9.97 Å². The summed E-state index contributed by atoms with van der Waals surface area (Å²) in [6.45, 7) is 3.00. The van der Waals surface area contributed by atoms with Gasteiger partial charge in [0.25, 0.3) is 5.88 Å².